The predicted molar refractivity (Wildman–Crippen MR) is 110 cm³/mol. The van der Waals surface area contributed by atoms with Crippen molar-refractivity contribution in [3.63, 3.8) is 0 Å². The van der Waals surface area contributed by atoms with Crippen molar-refractivity contribution in [1.82, 2.24) is 15.3 Å². The highest BCUT2D eigenvalue weighted by Gasteiger charge is 2.21. The molecule has 30 heavy (non-hydrogen) atoms. The maximum absolute atomic E-state index is 13.0. The van der Waals surface area contributed by atoms with Crippen LogP contribution in [0.1, 0.15) is 28.9 Å². The van der Waals surface area contributed by atoms with Crippen LogP contribution in [0.25, 0.3) is 10.9 Å². The lowest BCUT2D eigenvalue weighted by molar-refractivity contribution is -0.574. The van der Waals surface area contributed by atoms with Crippen molar-refractivity contribution in [1.29, 1.82) is 0 Å². The number of carbonyl (C=O) groups is 1. The molecule has 0 saturated carbocycles. The number of aromatic nitrogens is 2. The van der Waals surface area contributed by atoms with Crippen molar-refractivity contribution < 1.29 is 28.4 Å². The number of nitrogens with zero attached hydrogens (tertiary/aromatic N) is 2. The molecule has 0 saturated heterocycles. The summed E-state index contributed by atoms with van der Waals surface area (Å²) < 4.78 is 32.6. The summed E-state index contributed by atoms with van der Waals surface area (Å²) in [6, 6.07) is 9.19. The van der Waals surface area contributed by atoms with Gasteiger partial charge in [0.2, 0.25) is 5.82 Å². The summed E-state index contributed by atoms with van der Waals surface area (Å²) in [5.41, 5.74) is 0.823. The summed E-state index contributed by atoms with van der Waals surface area (Å²) in [6.07, 6.45) is 2.78. The van der Waals surface area contributed by atoms with Crippen LogP contribution >= 0.6 is 0 Å². The fourth-order valence-electron chi connectivity index (χ4n) is 2.94. The second-order valence-corrected chi connectivity index (χ2v) is 7.68. The largest absolute Gasteiger partial charge is 0.504 e. The first kappa shape index (κ1) is 21.8. The molecular weight excluding hydrogens is 411 g/mol. The maximum Gasteiger partial charge on any atom is 0.274 e. The number of carbonyl (C=O) groups excluding carboxylic acids is 1. The number of quaternary nitrogens is 1. The van der Waals surface area contributed by atoms with Crippen LogP contribution in [-0.4, -0.2) is 42.0 Å². The molecule has 0 radical (unpaired) electrons. The third-order valence-electron chi connectivity index (χ3n) is 4.46. The number of aromatic hydroxyl groups is 1. The van der Waals surface area contributed by atoms with Crippen molar-refractivity contribution in [3.8, 4) is 5.75 Å². The molecule has 0 fully saturated rings. The lowest BCUT2D eigenvalue weighted by atomic mass is 10.1. The normalized spacial score (nSPS) is 12.1. The number of amides is 1. The van der Waals surface area contributed by atoms with Gasteiger partial charge < -0.3 is 15.0 Å². The van der Waals surface area contributed by atoms with E-state index in [2.05, 4.69) is 15.3 Å². The molecule has 158 valence electrons. The predicted octanol–water partition coefficient (Wildman–Crippen LogP) is 1.60. The van der Waals surface area contributed by atoms with Gasteiger partial charge in [0.25, 0.3) is 5.91 Å². The zero-order chi connectivity index (χ0) is 21.5. The third kappa shape index (κ3) is 5.56. The number of rotatable bonds is 9. The van der Waals surface area contributed by atoms with Gasteiger partial charge >= 0.3 is 0 Å². The number of fused-ring (bicyclic) bond motifs is 1. The summed E-state index contributed by atoms with van der Waals surface area (Å²) in [7, 11) is 0. The van der Waals surface area contributed by atoms with E-state index in [1.165, 1.54) is 18.3 Å². The molecule has 0 aliphatic rings. The quantitative estimate of drug-likeness (QED) is 0.300. The Morgan fingerprint density at radius 1 is 1.20 bits per heavy atom. The van der Waals surface area contributed by atoms with Crippen LogP contribution in [-0.2, 0) is 17.6 Å². The van der Waals surface area contributed by atoms with E-state index in [0.29, 0.717) is 36.2 Å². The lowest BCUT2D eigenvalue weighted by Crippen LogP contribution is -2.78. The van der Waals surface area contributed by atoms with Gasteiger partial charge in [0.05, 0.1) is 11.9 Å². The molecule has 1 aromatic carbocycles. The summed E-state index contributed by atoms with van der Waals surface area (Å²) in [4.78, 5) is 21.1. The number of nitrogens with one attached hydrogen (secondary N) is 1. The van der Waals surface area contributed by atoms with E-state index in [4.69, 9.17) is 4.55 Å². The van der Waals surface area contributed by atoms with Crippen LogP contribution in [0.4, 0.5) is 10.2 Å². The molecule has 10 heteroatoms. The van der Waals surface area contributed by atoms with Crippen molar-refractivity contribution in [3.05, 3.63) is 59.7 Å². The van der Waals surface area contributed by atoms with Crippen molar-refractivity contribution >= 4 is 33.7 Å². The number of hydrogen-bond donors (Lipinski definition) is 4. The van der Waals surface area contributed by atoms with Crippen molar-refractivity contribution in [2.75, 3.05) is 12.3 Å². The molecule has 0 aliphatic carbocycles. The Bertz CT molecular complexity index is 1060. The molecule has 1 unspecified atom stereocenters. The first-order valence-electron chi connectivity index (χ1n) is 9.36. The fraction of sp³-hybridized carbons (Fsp3) is 0.250. The minimum absolute atomic E-state index is 0.147. The number of benzene rings is 1. The molecule has 0 aliphatic heterocycles. The minimum atomic E-state index is -1.81. The Morgan fingerprint density at radius 3 is 2.70 bits per heavy atom. The van der Waals surface area contributed by atoms with E-state index in [9.17, 15) is 18.5 Å². The fourth-order valence-corrected chi connectivity index (χ4v) is 3.39. The van der Waals surface area contributed by atoms with Gasteiger partial charge in [-0.05, 0) is 42.7 Å². The first-order chi connectivity index (χ1) is 14.5. The second-order valence-electron chi connectivity index (χ2n) is 6.63. The highest BCUT2D eigenvalue weighted by molar-refractivity contribution is 7.79. The molecule has 0 spiro atoms. The number of nitrogens with two attached hydrogens (primary N) is 1. The summed E-state index contributed by atoms with van der Waals surface area (Å²) in [5, 5.41) is 15.6. The molecule has 1 atom stereocenters. The molecule has 3 rings (SSSR count). The van der Waals surface area contributed by atoms with Crippen LogP contribution in [0.2, 0.25) is 0 Å². The van der Waals surface area contributed by atoms with E-state index >= 15 is 0 Å². The van der Waals surface area contributed by atoms with Gasteiger partial charge in [-0.3, -0.25) is 15.1 Å². The van der Waals surface area contributed by atoms with Gasteiger partial charge in [-0.1, -0.05) is 12.1 Å². The lowest BCUT2D eigenvalue weighted by Gasteiger charge is -2.10. The van der Waals surface area contributed by atoms with Crippen molar-refractivity contribution in [2.45, 2.75) is 19.4 Å². The van der Waals surface area contributed by atoms with Gasteiger partial charge in [0, 0.05) is 18.5 Å². The van der Waals surface area contributed by atoms with Gasteiger partial charge in [0.1, 0.15) is 11.3 Å². The molecule has 2 aromatic heterocycles. The second kappa shape index (κ2) is 10.2. The van der Waals surface area contributed by atoms with Crippen LogP contribution in [0.15, 0.2) is 42.6 Å². The Morgan fingerprint density at radius 2 is 1.97 bits per heavy atom. The highest BCUT2D eigenvalue weighted by Crippen LogP contribution is 2.28. The summed E-state index contributed by atoms with van der Waals surface area (Å²) in [5.74, 6) is -0.538. The van der Waals surface area contributed by atoms with E-state index in [1.807, 2.05) is 5.32 Å². The van der Waals surface area contributed by atoms with E-state index < -0.39 is 17.0 Å². The van der Waals surface area contributed by atoms with Crippen LogP contribution in [0.5, 0.6) is 5.75 Å². The van der Waals surface area contributed by atoms with E-state index in [-0.39, 0.29) is 35.1 Å². The molecule has 2 heterocycles. The zero-order valence-electron chi connectivity index (χ0n) is 16.0. The van der Waals surface area contributed by atoms with Gasteiger partial charge in [-0.2, -0.15) is 4.98 Å². The highest BCUT2D eigenvalue weighted by atomic mass is 32.2. The van der Waals surface area contributed by atoms with Gasteiger partial charge in [-0.25, -0.2) is 8.60 Å². The number of halogens is 1. The Kier molecular flexibility index (Phi) is 7.39. The van der Waals surface area contributed by atoms with E-state index in [0.717, 1.165) is 0 Å². The Balaban J connectivity index is 1.77. The molecule has 3 aromatic rings. The first-order valence-corrected chi connectivity index (χ1v) is 10.6. The molecule has 1 amide bonds. The summed E-state index contributed by atoms with van der Waals surface area (Å²) in [6.45, 7) is 0.743. The Labute approximate surface area is 174 Å². The van der Waals surface area contributed by atoms with Gasteiger partial charge in [0.15, 0.2) is 22.5 Å². The molecule has 8 nitrogen and oxygen atoms in total. The van der Waals surface area contributed by atoms with Crippen LogP contribution < -0.4 is 10.6 Å². The van der Waals surface area contributed by atoms with Crippen LogP contribution in [0.3, 0.4) is 0 Å². The SMILES string of the molecule is O=C(NCc1ccc(F)cc1)c1nc([NH2+]CCCCS(=O)O)c2cccnc2c1O. The number of unbranched alkanes of at least 4 members (excludes halogenated alkanes) is 1. The van der Waals surface area contributed by atoms with E-state index in [1.54, 1.807) is 24.3 Å². The topological polar surface area (TPSA) is 129 Å². The van der Waals surface area contributed by atoms with Crippen LogP contribution in [0, 0.1) is 5.82 Å². The molecule has 5 N–H and O–H groups in total. The maximum atomic E-state index is 13.0. The third-order valence-corrected chi connectivity index (χ3v) is 5.09. The smallest absolute Gasteiger partial charge is 0.274 e. The van der Waals surface area contributed by atoms with Gasteiger partial charge in [-0.15, -0.1) is 0 Å². The molecular formula is C20H22FN4O4S+. The standard InChI is InChI=1S/C20H21FN4O4S/c21-14-7-5-13(6-8-14)12-24-20(27)17-18(26)16-15(4-3-10-22-16)19(25-17)23-9-1-2-11-30(28)29/h3-8,10,26H,1-2,9,11-12H2,(H,23,25)(H,24,27)(H,28,29)/p+1. The zero-order valence-corrected chi connectivity index (χ0v) is 16.9. The Hall–Kier alpha value is -2.95. The summed E-state index contributed by atoms with van der Waals surface area (Å²) >= 11 is -1.81. The average molecular weight is 433 g/mol. The average Bonchev–Trinajstić information content (AvgIpc) is 2.74. The molecule has 0 bridgehead atoms. The minimum Gasteiger partial charge on any atom is -0.504 e. The number of hydrogen-bond acceptors (Lipinski definition) is 5. The number of pyridine rings is 2. The monoisotopic (exact) mass is 433 g/mol. The van der Waals surface area contributed by atoms with Crippen molar-refractivity contribution in [2.24, 2.45) is 0 Å².